The Morgan fingerprint density at radius 1 is 1.22 bits per heavy atom. The number of ether oxygens (including phenoxy) is 2. The molecule has 2 heterocycles. The number of hydrogen-bond donors (Lipinski definition) is 0. The first kappa shape index (κ1) is 15.3. The van der Waals surface area contributed by atoms with Gasteiger partial charge in [-0.25, -0.2) is 4.79 Å². The van der Waals surface area contributed by atoms with E-state index in [2.05, 4.69) is 4.98 Å². The molecule has 23 heavy (non-hydrogen) atoms. The number of fused-ring (bicyclic) bond motifs is 1. The van der Waals surface area contributed by atoms with Gasteiger partial charge in [-0.05, 0) is 57.2 Å². The summed E-state index contributed by atoms with van der Waals surface area (Å²) in [6, 6.07) is 11.6. The van der Waals surface area contributed by atoms with Crippen LogP contribution in [0.15, 0.2) is 48.2 Å². The van der Waals surface area contributed by atoms with Crippen molar-refractivity contribution in [1.82, 2.24) is 4.98 Å². The van der Waals surface area contributed by atoms with E-state index in [-0.39, 0.29) is 12.6 Å². The number of hydrogen-bond acceptors (Lipinski definition) is 4. The zero-order chi connectivity index (χ0) is 16.4. The van der Waals surface area contributed by atoms with E-state index in [0.29, 0.717) is 5.57 Å². The van der Waals surface area contributed by atoms with E-state index in [4.69, 9.17) is 9.47 Å². The molecule has 1 aliphatic rings. The number of esters is 1. The lowest BCUT2D eigenvalue weighted by molar-refractivity contribution is -0.150. The molecule has 0 spiro atoms. The SMILES string of the molecule is CC(C)(C)OC(=O)C1=Cc2cc(-c3ccccn3)ccc2OC1. The van der Waals surface area contributed by atoms with E-state index in [1.807, 2.05) is 63.2 Å². The van der Waals surface area contributed by atoms with Crippen molar-refractivity contribution in [2.75, 3.05) is 6.61 Å². The van der Waals surface area contributed by atoms with Gasteiger partial charge in [0.05, 0.1) is 11.3 Å². The van der Waals surface area contributed by atoms with Crippen LogP contribution in [-0.2, 0) is 9.53 Å². The summed E-state index contributed by atoms with van der Waals surface area (Å²) >= 11 is 0. The number of benzene rings is 1. The van der Waals surface area contributed by atoms with Gasteiger partial charge in [0.1, 0.15) is 18.0 Å². The van der Waals surface area contributed by atoms with E-state index in [1.165, 1.54) is 0 Å². The molecule has 0 amide bonds. The third-order valence-electron chi connectivity index (χ3n) is 3.34. The van der Waals surface area contributed by atoms with Crippen LogP contribution in [0.5, 0.6) is 5.75 Å². The molecule has 0 saturated carbocycles. The maximum absolute atomic E-state index is 12.2. The third kappa shape index (κ3) is 3.59. The van der Waals surface area contributed by atoms with Crippen LogP contribution in [0.3, 0.4) is 0 Å². The molecule has 0 saturated heterocycles. The van der Waals surface area contributed by atoms with Gasteiger partial charge in [-0.15, -0.1) is 0 Å². The second kappa shape index (κ2) is 5.88. The summed E-state index contributed by atoms with van der Waals surface area (Å²) in [5.41, 5.74) is 2.72. The summed E-state index contributed by atoms with van der Waals surface area (Å²) in [7, 11) is 0. The molecule has 4 nitrogen and oxygen atoms in total. The number of rotatable bonds is 2. The average Bonchev–Trinajstić information content (AvgIpc) is 2.53. The van der Waals surface area contributed by atoms with Crippen molar-refractivity contribution in [3.05, 3.63) is 53.7 Å². The Kier molecular flexibility index (Phi) is 3.90. The van der Waals surface area contributed by atoms with Crippen LogP contribution in [0.2, 0.25) is 0 Å². The first-order valence-electron chi connectivity index (χ1n) is 7.54. The largest absolute Gasteiger partial charge is 0.488 e. The van der Waals surface area contributed by atoms with Crippen molar-refractivity contribution in [3.8, 4) is 17.0 Å². The first-order chi connectivity index (χ1) is 10.9. The zero-order valence-corrected chi connectivity index (χ0v) is 13.5. The second-order valence-electron chi connectivity index (χ2n) is 6.43. The van der Waals surface area contributed by atoms with Crippen molar-refractivity contribution in [1.29, 1.82) is 0 Å². The smallest absolute Gasteiger partial charge is 0.338 e. The summed E-state index contributed by atoms with van der Waals surface area (Å²) in [5, 5.41) is 0. The molecule has 4 heteroatoms. The molecule has 0 fully saturated rings. The van der Waals surface area contributed by atoms with Crippen LogP contribution in [-0.4, -0.2) is 23.2 Å². The van der Waals surface area contributed by atoms with Crippen LogP contribution >= 0.6 is 0 Å². The lowest BCUT2D eigenvalue weighted by atomic mass is 10.0. The maximum atomic E-state index is 12.2. The van der Waals surface area contributed by atoms with E-state index in [0.717, 1.165) is 22.6 Å². The minimum Gasteiger partial charge on any atom is -0.488 e. The molecule has 0 unspecified atom stereocenters. The fourth-order valence-electron chi connectivity index (χ4n) is 2.33. The van der Waals surface area contributed by atoms with Gasteiger partial charge in [-0.3, -0.25) is 4.98 Å². The highest BCUT2D eigenvalue weighted by atomic mass is 16.6. The van der Waals surface area contributed by atoms with Crippen molar-refractivity contribution in [2.24, 2.45) is 0 Å². The van der Waals surface area contributed by atoms with Gasteiger partial charge in [-0.1, -0.05) is 6.07 Å². The Bertz CT molecular complexity index is 758. The Hall–Kier alpha value is -2.62. The van der Waals surface area contributed by atoms with Gasteiger partial charge in [0, 0.05) is 17.3 Å². The van der Waals surface area contributed by atoms with E-state index < -0.39 is 5.60 Å². The molecule has 1 aromatic carbocycles. The average molecular weight is 309 g/mol. The molecule has 2 aromatic rings. The van der Waals surface area contributed by atoms with Crippen LogP contribution in [0.1, 0.15) is 26.3 Å². The number of nitrogens with zero attached hydrogens (tertiary/aromatic N) is 1. The van der Waals surface area contributed by atoms with E-state index >= 15 is 0 Å². The normalized spacial score (nSPS) is 13.6. The van der Waals surface area contributed by atoms with Gasteiger partial charge in [0.25, 0.3) is 0 Å². The van der Waals surface area contributed by atoms with Gasteiger partial charge >= 0.3 is 5.97 Å². The summed E-state index contributed by atoms with van der Waals surface area (Å²) < 4.78 is 11.1. The Balaban J connectivity index is 1.91. The Morgan fingerprint density at radius 3 is 2.74 bits per heavy atom. The van der Waals surface area contributed by atoms with Crippen molar-refractivity contribution < 1.29 is 14.3 Å². The molecule has 0 aliphatic carbocycles. The molecular weight excluding hydrogens is 290 g/mol. The minimum absolute atomic E-state index is 0.227. The number of carbonyl (C=O) groups excluding carboxylic acids is 1. The van der Waals surface area contributed by atoms with Crippen LogP contribution in [0.4, 0.5) is 0 Å². The zero-order valence-electron chi connectivity index (χ0n) is 13.5. The lowest BCUT2D eigenvalue weighted by Gasteiger charge is -2.23. The molecular formula is C19H19NO3. The van der Waals surface area contributed by atoms with Gasteiger partial charge in [0.15, 0.2) is 0 Å². The fourth-order valence-corrected chi connectivity index (χ4v) is 2.33. The molecule has 1 aromatic heterocycles. The molecule has 0 radical (unpaired) electrons. The standard InChI is InChI=1S/C19H19NO3/c1-19(2,3)23-18(21)15-11-14-10-13(7-8-17(14)22-12-15)16-6-4-5-9-20-16/h4-11H,12H2,1-3H3. The van der Waals surface area contributed by atoms with E-state index in [9.17, 15) is 4.79 Å². The van der Waals surface area contributed by atoms with Gasteiger partial charge in [-0.2, -0.15) is 0 Å². The second-order valence-corrected chi connectivity index (χ2v) is 6.43. The van der Waals surface area contributed by atoms with Crippen LogP contribution in [0.25, 0.3) is 17.3 Å². The predicted molar refractivity (Wildman–Crippen MR) is 89.0 cm³/mol. The monoisotopic (exact) mass is 309 g/mol. The van der Waals surface area contributed by atoms with Gasteiger partial charge < -0.3 is 9.47 Å². The molecule has 0 bridgehead atoms. The summed E-state index contributed by atoms with van der Waals surface area (Å²) in [5.74, 6) is 0.420. The molecule has 1 aliphatic heterocycles. The highest BCUT2D eigenvalue weighted by Crippen LogP contribution is 2.31. The Morgan fingerprint density at radius 2 is 2.04 bits per heavy atom. The first-order valence-corrected chi connectivity index (χ1v) is 7.54. The van der Waals surface area contributed by atoms with Crippen LogP contribution in [0, 0.1) is 0 Å². The molecule has 118 valence electrons. The summed E-state index contributed by atoms with van der Waals surface area (Å²) in [6.45, 7) is 5.78. The Labute approximate surface area is 135 Å². The number of pyridine rings is 1. The highest BCUT2D eigenvalue weighted by molar-refractivity contribution is 5.95. The maximum Gasteiger partial charge on any atom is 0.338 e. The molecule has 0 atom stereocenters. The van der Waals surface area contributed by atoms with Crippen molar-refractivity contribution >= 4 is 12.0 Å². The molecule has 3 rings (SSSR count). The number of carbonyl (C=O) groups is 1. The quantitative estimate of drug-likeness (QED) is 0.790. The highest BCUT2D eigenvalue weighted by Gasteiger charge is 2.23. The topological polar surface area (TPSA) is 48.4 Å². The summed E-state index contributed by atoms with van der Waals surface area (Å²) in [4.78, 5) is 16.5. The lowest BCUT2D eigenvalue weighted by Crippen LogP contribution is -2.27. The molecule has 0 N–H and O–H groups in total. The van der Waals surface area contributed by atoms with E-state index in [1.54, 1.807) is 6.20 Å². The third-order valence-corrected chi connectivity index (χ3v) is 3.34. The predicted octanol–water partition coefficient (Wildman–Crippen LogP) is 3.87. The van der Waals surface area contributed by atoms with Crippen LogP contribution < -0.4 is 4.74 Å². The number of aromatic nitrogens is 1. The summed E-state index contributed by atoms with van der Waals surface area (Å²) in [6.07, 6.45) is 3.59. The minimum atomic E-state index is -0.520. The fraction of sp³-hybridized carbons (Fsp3) is 0.263. The van der Waals surface area contributed by atoms with Crippen molar-refractivity contribution in [3.63, 3.8) is 0 Å². The van der Waals surface area contributed by atoms with Gasteiger partial charge in [0.2, 0.25) is 0 Å². The van der Waals surface area contributed by atoms with Crippen molar-refractivity contribution in [2.45, 2.75) is 26.4 Å².